The molecule has 3 rings (SSSR count). The Bertz CT molecular complexity index is 556. The molecule has 0 fully saturated rings. The molecule has 0 bridgehead atoms. The van der Waals surface area contributed by atoms with Crippen LogP contribution in [0.25, 0.3) is 17.0 Å². The topological polar surface area (TPSA) is 13.1 Å². The molecule has 2 aromatic rings. The standard InChI is InChI=1S/C12H10ClOP/c13-8-4-2-5-9-11(8)7-3-1-6-10(15)12(7)14-9/h1-3,5-6,8H,4,15H2. The summed E-state index contributed by atoms with van der Waals surface area (Å²) in [5, 5.41) is 2.26. The molecule has 1 aromatic carbocycles. The highest BCUT2D eigenvalue weighted by atomic mass is 35.5. The molecule has 2 unspecified atom stereocenters. The van der Waals surface area contributed by atoms with Crippen molar-refractivity contribution in [3.8, 4) is 0 Å². The molecular formula is C12H10ClOP. The van der Waals surface area contributed by atoms with Crippen LogP contribution in [0.4, 0.5) is 0 Å². The van der Waals surface area contributed by atoms with Crippen LogP contribution in [-0.2, 0) is 0 Å². The van der Waals surface area contributed by atoms with Crippen molar-refractivity contribution >= 4 is 43.2 Å². The van der Waals surface area contributed by atoms with Gasteiger partial charge in [-0.1, -0.05) is 24.3 Å². The van der Waals surface area contributed by atoms with E-state index in [1.165, 1.54) is 0 Å². The molecule has 1 heterocycles. The lowest BCUT2D eigenvalue weighted by Crippen LogP contribution is -1.94. The largest absolute Gasteiger partial charge is 0.456 e. The van der Waals surface area contributed by atoms with Gasteiger partial charge in [-0.15, -0.1) is 20.8 Å². The third-order valence-electron chi connectivity index (χ3n) is 2.74. The van der Waals surface area contributed by atoms with Crippen molar-refractivity contribution < 1.29 is 4.42 Å². The summed E-state index contributed by atoms with van der Waals surface area (Å²) in [7, 11) is 2.69. The smallest absolute Gasteiger partial charge is 0.142 e. The predicted octanol–water partition coefficient (Wildman–Crippen LogP) is 3.63. The van der Waals surface area contributed by atoms with Crippen molar-refractivity contribution in [2.24, 2.45) is 0 Å². The van der Waals surface area contributed by atoms with Gasteiger partial charge < -0.3 is 4.42 Å². The third-order valence-corrected chi connectivity index (χ3v) is 3.59. The maximum absolute atomic E-state index is 6.30. The number of fused-ring (bicyclic) bond motifs is 3. The lowest BCUT2D eigenvalue weighted by molar-refractivity contribution is 0.596. The quantitative estimate of drug-likeness (QED) is 0.503. The minimum absolute atomic E-state index is 0.0399. The van der Waals surface area contributed by atoms with E-state index in [0.29, 0.717) is 0 Å². The summed E-state index contributed by atoms with van der Waals surface area (Å²) < 4.78 is 5.80. The molecule has 76 valence electrons. The molecule has 0 aliphatic heterocycles. The molecule has 0 saturated heterocycles. The summed E-state index contributed by atoms with van der Waals surface area (Å²) in [5.74, 6) is 0.908. The molecule has 0 spiro atoms. The van der Waals surface area contributed by atoms with E-state index in [-0.39, 0.29) is 5.38 Å². The van der Waals surface area contributed by atoms with Gasteiger partial charge >= 0.3 is 0 Å². The molecule has 0 saturated carbocycles. The van der Waals surface area contributed by atoms with Gasteiger partial charge in [0, 0.05) is 16.3 Å². The number of furan rings is 1. The zero-order valence-corrected chi connectivity index (χ0v) is 9.95. The first-order valence-corrected chi connectivity index (χ1v) is 5.90. The molecule has 1 aromatic heterocycles. The Morgan fingerprint density at radius 1 is 1.40 bits per heavy atom. The Labute approximate surface area is 95.3 Å². The summed E-state index contributed by atoms with van der Waals surface area (Å²) in [6, 6.07) is 6.12. The monoisotopic (exact) mass is 236 g/mol. The molecule has 3 heteroatoms. The van der Waals surface area contributed by atoms with Crippen molar-refractivity contribution in [1.82, 2.24) is 0 Å². The maximum atomic E-state index is 6.30. The lowest BCUT2D eigenvalue weighted by Gasteiger charge is -2.10. The zero-order chi connectivity index (χ0) is 10.4. The van der Waals surface area contributed by atoms with Crippen LogP contribution in [0.5, 0.6) is 0 Å². The van der Waals surface area contributed by atoms with E-state index in [1.54, 1.807) is 0 Å². The number of hydrogen-bond acceptors (Lipinski definition) is 1. The molecule has 2 atom stereocenters. The Kier molecular flexibility index (Phi) is 2.12. The summed E-state index contributed by atoms with van der Waals surface area (Å²) >= 11 is 6.30. The van der Waals surface area contributed by atoms with E-state index in [1.807, 2.05) is 18.2 Å². The normalized spacial score (nSPS) is 19.5. The van der Waals surface area contributed by atoms with Gasteiger partial charge in [-0.05, 0) is 12.5 Å². The molecule has 1 aliphatic rings. The van der Waals surface area contributed by atoms with Crippen LogP contribution in [-0.4, -0.2) is 0 Å². The van der Waals surface area contributed by atoms with Crippen molar-refractivity contribution in [1.29, 1.82) is 0 Å². The summed E-state index contributed by atoms with van der Waals surface area (Å²) in [5.41, 5.74) is 2.07. The molecule has 0 N–H and O–H groups in total. The Morgan fingerprint density at radius 3 is 3.13 bits per heavy atom. The predicted molar refractivity (Wildman–Crippen MR) is 67.8 cm³/mol. The second kappa shape index (κ2) is 3.37. The molecule has 1 nitrogen and oxygen atoms in total. The number of allylic oxidation sites excluding steroid dienone is 1. The summed E-state index contributed by atoms with van der Waals surface area (Å²) in [4.78, 5) is 0. The summed E-state index contributed by atoms with van der Waals surface area (Å²) in [6.07, 6.45) is 4.95. The van der Waals surface area contributed by atoms with Gasteiger partial charge in [0.15, 0.2) is 0 Å². The molecular weight excluding hydrogens is 227 g/mol. The highest BCUT2D eigenvalue weighted by molar-refractivity contribution is 7.28. The second-order valence-corrected chi connectivity index (χ2v) is 4.86. The van der Waals surface area contributed by atoms with Gasteiger partial charge in [0.1, 0.15) is 11.3 Å². The summed E-state index contributed by atoms with van der Waals surface area (Å²) in [6.45, 7) is 0. The first-order valence-electron chi connectivity index (χ1n) is 4.89. The van der Waals surface area contributed by atoms with Gasteiger partial charge in [0.05, 0.1) is 5.38 Å². The van der Waals surface area contributed by atoms with E-state index >= 15 is 0 Å². The van der Waals surface area contributed by atoms with E-state index in [4.69, 9.17) is 16.0 Å². The maximum Gasteiger partial charge on any atom is 0.142 e. The molecule has 15 heavy (non-hydrogen) atoms. The minimum Gasteiger partial charge on any atom is -0.456 e. The van der Waals surface area contributed by atoms with Gasteiger partial charge in [-0.2, -0.15) is 0 Å². The highest BCUT2D eigenvalue weighted by Crippen LogP contribution is 2.39. The Morgan fingerprint density at radius 2 is 2.27 bits per heavy atom. The van der Waals surface area contributed by atoms with Crippen LogP contribution in [0, 0.1) is 0 Å². The van der Waals surface area contributed by atoms with Gasteiger partial charge in [0.2, 0.25) is 0 Å². The fourth-order valence-corrected chi connectivity index (χ4v) is 2.69. The van der Waals surface area contributed by atoms with Gasteiger partial charge in [-0.3, -0.25) is 0 Å². The third kappa shape index (κ3) is 1.34. The lowest BCUT2D eigenvalue weighted by atomic mass is 10.0. The van der Waals surface area contributed by atoms with Crippen LogP contribution in [0.2, 0.25) is 0 Å². The number of halogens is 1. The Hall–Kier alpha value is -0.780. The van der Waals surface area contributed by atoms with E-state index in [2.05, 4.69) is 21.4 Å². The van der Waals surface area contributed by atoms with Crippen LogP contribution >= 0.6 is 20.8 Å². The van der Waals surface area contributed by atoms with Crippen molar-refractivity contribution in [3.05, 3.63) is 35.6 Å². The molecule has 0 amide bonds. The fourth-order valence-electron chi connectivity index (χ4n) is 2.04. The van der Waals surface area contributed by atoms with E-state index < -0.39 is 0 Å². The number of alkyl halides is 1. The average molecular weight is 237 g/mol. The van der Waals surface area contributed by atoms with Crippen molar-refractivity contribution in [2.75, 3.05) is 0 Å². The van der Waals surface area contributed by atoms with Crippen molar-refractivity contribution in [3.63, 3.8) is 0 Å². The number of para-hydroxylation sites is 1. The second-order valence-electron chi connectivity index (χ2n) is 3.71. The Balaban J connectivity index is 2.42. The van der Waals surface area contributed by atoms with Crippen LogP contribution < -0.4 is 5.30 Å². The SMILES string of the molecule is Pc1cccc2c3c(oc12)C=CCC3Cl. The fraction of sp³-hybridized carbons (Fsp3) is 0.167. The zero-order valence-electron chi connectivity index (χ0n) is 8.03. The minimum atomic E-state index is 0.0399. The van der Waals surface area contributed by atoms with Crippen LogP contribution in [0.3, 0.4) is 0 Å². The van der Waals surface area contributed by atoms with Crippen LogP contribution in [0.1, 0.15) is 23.1 Å². The van der Waals surface area contributed by atoms with E-state index in [9.17, 15) is 0 Å². The average Bonchev–Trinajstić information content (AvgIpc) is 2.59. The van der Waals surface area contributed by atoms with Gasteiger partial charge in [-0.25, -0.2) is 0 Å². The number of hydrogen-bond donors (Lipinski definition) is 0. The van der Waals surface area contributed by atoms with Gasteiger partial charge in [0.25, 0.3) is 0 Å². The van der Waals surface area contributed by atoms with Crippen molar-refractivity contribution in [2.45, 2.75) is 11.8 Å². The highest BCUT2D eigenvalue weighted by Gasteiger charge is 2.22. The first kappa shape index (κ1) is 9.45. The van der Waals surface area contributed by atoms with E-state index in [0.717, 1.165) is 34.0 Å². The number of benzene rings is 1. The molecule has 1 aliphatic carbocycles. The number of rotatable bonds is 0. The van der Waals surface area contributed by atoms with Crippen LogP contribution in [0.15, 0.2) is 28.7 Å². The molecule has 0 radical (unpaired) electrons. The first-order chi connectivity index (χ1) is 7.27.